The summed E-state index contributed by atoms with van der Waals surface area (Å²) in [5.41, 5.74) is -1.23. The van der Waals surface area contributed by atoms with Gasteiger partial charge in [-0.05, 0) is 32.0 Å². The van der Waals surface area contributed by atoms with Crippen molar-refractivity contribution in [2.75, 3.05) is 0 Å². The Hall–Kier alpha value is -3.47. The Morgan fingerprint density at radius 2 is 1.34 bits per heavy atom. The number of ether oxygens (including phenoxy) is 3. The molecule has 2 saturated heterocycles. The molecule has 3 aromatic rings. The lowest BCUT2D eigenvalue weighted by molar-refractivity contribution is -0.268. The number of hydrogen-bond acceptors (Lipinski definition) is 14. The van der Waals surface area contributed by atoms with Gasteiger partial charge in [-0.15, -0.1) is 0 Å². The third-order valence-corrected chi connectivity index (χ3v) is 7.43. The van der Waals surface area contributed by atoms with Gasteiger partial charge in [0.05, 0.1) is 17.8 Å². The first-order chi connectivity index (χ1) is 19.3. The molecule has 2 fully saturated rings. The highest BCUT2D eigenvalue weighted by Gasteiger charge is 2.47. The normalized spacial score (nSPS) is 34.0. The summed E-state index contributed by atoms with van der Waals surface area (Å²) in [6.07, 6.45) is -15.2. The van der Waals surface area contributed by atoms with Crippen molar-refractivity contribution >= 4 is 11.0 Å². The number of aliphatic hydroxyl groups excluding tert-OH is 6. The van der Waals surface area contributed by atoms with Crippen LogP contribution in [0.15, 0.2) is 39.5 Å². The van der Waals surface area contributed by atoms with Crippen LogP contribution in [-0.4, -0.2) is 101 Å². The Kier molecular flexibility index (Phi) is 7.61. The zero-order valence-electron chi connectivity index (χ0n) is 21.7. The summed E-state index contributed by atoms with van der Waals surface area (Å²) in [4.78, 5) is 13.2. The average Bonchev–Trinajstić information content (AvgIpc) is 2.93. The van der Waals surface area contributed by atoms with E-state index in [1.807, 2.05) is 0 Å². The molecule has 14 nitrogen and oxygen atoms in total. The first-order valence-corrected chi connectivity index (χ1v) is 12.7. The van der Waals surface area contributed by atoms with Gasteiger partial charge in [-0.3, -0.25) is 4.79 Å². The fourth-order valence-corrected chi connectivity index (χ4v) is 5.02. The van der Waals surface area contributed by atoms with Gasteiger partial charge >= 0.3 is 0 Å². The van der Waals surface area contributed by atoms with E-state index in [1.165, 1.54) is 19.9 Å². The van der Waals surface area contributed by atoms with Gasteiger partial charge in [0.15, 0.2) is 22.5 Å². The highest BCUT2D eigenvalue weighted by Crippen LogP contribution is 2.45. The highest BCUT2D eigenvalue weighted by molar-refractivity contribution is 5.90. The van der Waals surface area contributed by atoms with Gasteiger partial charge in [0.2, 0.25) is 6.29 Å². The smallest absolute Gasteiger partial charge is 0.229 e. The summed E-state index contributed by atoms with van der Waals surface area (Å²) < 4.78 is 23.1. The van der Waals surface area contributed by atoms with Crippen LogP contribution in [0.25, 0.3) is 22.3 Å². The van der Waals surface area contributed by atoms with E-state index in [2.05, 4.69) is 0 Å². The topological polar surface area (TPSA) is 240 Å². The van der Waals surface area contributed by atoms with Crippen LogP contribution in [0, 0.1) is 0 Å². The summed E-state index contributed by atoms with van der Waals surface area (Å²) in [6.45, 7) is 2.84. The van der Waals surface area contributed by atoms with Crippen molar-refractivity contribution in [1.82, 2.24) is 0 Å². The van der Waals surface area contributed by atoms with Crippen LogP contribution in [0.1, 0.15) is 25.5 Å². The fourth-order valence-electron chi connectivity index (χ4n) is 5.02. The SMILES string of the molecule is CC1OC(Oc2cc(O)c3c(=O)cc(-c4ccc(O)c(O)c4)oc3c2C2OC(C)C(O)C(O)C2O)C(O)C(O)C1O. The molecule has 5 rings (SSSR count). The van der Waals surface area contributed by atoms with Crippen molar-refractivity contribution in [1.29, 1.82) is 0 Å². The Morgan fingerprint density at radius 3 is 2.00 bits per heavy atom. The number of aromatic hydroxyl groups is 3. The molecule has 14 heteroatoms. The minimum atomic E-state index is -1.81. The molecule has 0 saturated carbocycles. The van der Waals surface area contributed by atoms with E-state index in [1.54, 1.807) is 0 Å². The van der Waals surface area contributed by atoms with Crippen molar-refractivity contribution in [3.05, 3.63) is 46.1 Å². The zero-order valence-corrected chi connectivity index (χ0v) is 21.7. The van der Waals surface area contributed by atoms with E-state index >= 15 is 0 Å². The molecule has 0 bridgehead atoms. The lowest BCUT2D eigenvalue weighted by Crippen LogP contribution is -2.58. The molecule has 0 amide bonds. The Balaban J connectivity index is 1.74. The monoisotopic (exact) mass is 578 g/mol. The molecule has 0 aliphatic carbocycles. The maximum atomic E-state index is 13.2. The number of benzene rings is 2. The summed E-state index contributed by atoms with van der Waals surface area (Å²) in [7, 11) is 0. The van der Waals surface area contributed by atoms with E-state index in [0.29, 0.717) is 0 Å². The van der Waals surface area contributed by atoms with Crippen LogP contribution in [0.3, 0.4) is 0 Å². The Bertz CT molecular complexity index is 1500. The molecule has 41 heavy (non-hydrogen) atoms. The lowest BCUT2D eigenvalue weighted by Gasteiger charge is -2.41. The van der Waals surface area contributed by atoms with Gasteiger partial charge in [0.25, 0.3) is 0 Å². The van der Waals surface area contributed by atoms with Gasteiger partial charge in [-0.2, -0.15) is 0 Å². The largest absolute Gasteiger partial charge is 0.507 e. The van der Waals surface area contributed by atoms with E-state index in [0.717, 1.165) is 24.3 Å². The standard InChI is InChI=1S/C27H30O14/c1-8-19(32)21(34)23(36)26(38-8)18-16(41-27-24(37)22(35)20(33)9(2)39-27)7-14(31)17-13(30)6-15(40-25(17)18)10-3-4-11(28)12(29)5-10/h3-9,19-24,26-29,31-37H,1-2H3. The second-order valence-corrected chi connectivity index (χ2v) is 10.2. The number of rotatable bonds is 4. The summed E-state index contributed by atoms with van der Waals surface area (Å²) >= 11 is 0. The van der Waals surface area contributed by atoms with Gasteiger partial charge in [-0.1, -0.05) is 0 Å². The Labute approximate surface area is 231 Å². The maximum absolute atomic E-state index is 13.2. The molecule has 2 aliphatic heterocycles. The second-order valence-electron chi connectivity index (χ2n) is 10.2. The molecule has 0 spiro atoms. The molecule has 222 valence electrons. The van der Waals surface area contributed by atoms with Crippen LogP contribution in [0.4, 0.5) is 0 Å². The average molecular weight is 579 g/mol. The first-order valence-electron chi connectivity index (χ1n) is 12.7. The molecule has 2 aromatic carbocycles. The molecule has 0 radical (unpaired) electrons. The quantitative estimate of drug-likeness (QED) is 0.174. The number of phenols is 3. The minimum absolute atomic E-state index is 0.141. The molecular formula is C27H30O14. The van der Waals surface area contributed by atoms with Crippen molar-refractivity contribution in [2.24, 2.45) is 0 Å². The molecule has 9 N–H and O–H groups in total. The number of aliphatic hydroxyl groups is 6. The first kappa shape index (κ1) is 29.0. The van der Waals surface area contributed by atoms with Crippen molar-refractivity contribution in [3.8, 4) is 34.3 Å². The fraction of sp³-hybridized carbons (Fsp3) is 0.444. The summed E-state index contributed by atoms with van der Waals surface area (Å²) in [5.74, 6) is -2.09. The van der Waals surface area contributed by atoms with Gasteiger partial charge < -0.3 is 64.6 Å². The minimum Gasteiger partial charge on any atom is -0.507 e. The number of hydrogen-bond donors (Lipinski definition) is 9. The molecular weight excluding hydrogens is 548 g/mol. The maximum Gasteiger partial charge on any atom is 0.229 e. The third-order valence-electron chi connectivity index (χ3n) is 7.43. The lowest BCUT2D eigenvalue weighted by atomic mass is 9.90. The van der Waals surface area contributed by atoms with Gasteiger partial charge in [0, 0.05) is 17.7 Å². The zero-order chi connectivity index (χ0) is 29.9. The van der Waals surface area contributed by atoms with Crippen LogP contribution in [0.5, 0.6) is 23.0 Å². The van der Waals surface area contributed by atoms with Crippen molar-refractivity contribution in [3.63, 3.8) is 0 Å². The highest BCUT2D eigenvalue weighted by atomic mass is 16.7. The molecule has 2 aliphatic rings. The summed E-state index contributed by atoms with van der Waals surface area (Å²) in [5, 5.41) is 92.7. The Morgan fingerprint density at radius 1 is 0.707 bits per heavy atom. The van der Waals surface area contributed by atoms with E-state index in [4.69, 9.17) is 18.6 Å². The van der Waals surface area contributed by atoms with Gasteiger partial charge in [0.1, 0.15) is 65.4 Å². The molecule has 10 unspecified atom stereocenters. The van der Waals surface area contributed by atoms with Crippen molar-refractivity contribution < 1.29 is 64.6 Å². The van der Waals surface area contributed by atoms with Crippen molar-refractivity contribution in [2.45, 2.75) is 75.1 Å². The van der Waals surface area contributed by atoms with Gasteiger partial charge in [-0.25, -0.2) is 0 Å². The predicted octanol–water partition coefficient (Wildman–Crippen LogP) is -0.674. The predicted molar refractivity (Wildman–Crippen MR) is 137 cm³/mol. The van der Waals surface area contributed by atoms with Crippen LogP contribution in [0.2, 0.25) is 0 Å². The van der Waals surface area contributed by atoms with E-state index in [-0.39, 0.29) is 33.6 Å². The van der Waals surface area contributed by atoms with E-state index < -0.39 is 83.9 Å². The molecule has 1 aromatic heterocycles. The van der Waals surface area contributed by atoms with Crippen LogP contribution >= 0.6 is 0 Å². The number of phenolic OH excluding ortho intramolecular Hbond substituents is 3. The third kappa shape index (κ3) is 4.98. The molecule has 3 heterocycles. The van der Waals surface area contributed by atoms with Crippen LogP contribution in [-0.2, 0) is 9.47 Å². The summed E-state index contributed by atoms with van der Waals surface area (Å²) in [6, 6.07) is 5.60. The van der Waals surface area contributed by atoms with Crippen LogP contribution < -0.4 is 10.2 Å². The number of fused-ring (bicyclic) bond motifs is 1. The molecule has 10 atom stereocenters. The van der Waals surface area contributed by atoms with E-state index in [9.17, 15) is 50.8 Å². The second kappa shape index (κ2) is 10.7.